The molecular formula is C12H12N6. The van der Waals surface area contributed by atoms with Gasteiger partial charge in [-0.05, 0) is 19.1 Å². The van der Waals surface area contributed by atoms with Crippen LogP contribution in [0.25, 0.3) is 5.65 Å². The maximum absolute atomic E-state index is 4.34. The molecule has 3 aromatic rings. The van der Waals surface area contributed by atoms with Crippen LogP contribution in [0, 0.1) is 6.92 Å². The molecule has 3 rings (SSSR count). The molecule has 6 nitrogen and oxygen atoms in total. The summed E-state index contributed by atoms with van der Waals surface area (Å²) in [5.41, 5.74) is 2.58. The molecule has 0 bridgehead atoms. The highest BCUT2D eigenvalue weighted by Crippen LogP contribution is 2.05. The zero-order valence-electron chi connectivity index (χ0n) is 9.91. The number of aryl methyl sites for hydroxylation is 1. The summed E-state index contributed by atoms with van der Waals surface area (Å²) in [6.07, 6.45) is 5.35. The second-order valence-corrected chi connectivity index (χ2v) is 3.94. The van der Waals surface area contributed by atoms with Crippen LogP contribution in [0.2, 0.25) is 0 Å². The number of rotatable bonds is 3. The fraction of sp³-hybridized carbons (Fsp3) is 0.167. The summed E-state index contributed by atoms with van der Waals surface area (Å²) in [4.78, 5) is 12.8. The Morgan fingerprint density at radius 3 is 2.94 bits per heavy atom. The third kappa shape index (κ3) is 2.13. The third-order valence-corrected chi connectivity index (χ3v) is 2.50. The lowest BCUT2D eigenvalue weighted by Crippen LogP contribution is -2.04. The fourth-order valence-electron chi connectivity index (χ4n) is 1.59. The standard InChI is InChI=1S/C12H12N6/c1-9-6-14-10(7-13-9)8-15-12-16-11-4-2-3-5-18(11)17-12/h2-7H,8H2,1H3,(H,15,17). The SMILES string of the molecule is Cc1cnc(CNc2nc3ccccn3n2)cn1. The van der Waals surface area contributed by atoms with Crippen molar-refractivity contribution in [1.29, 1.82) is 0 Å². The van der Waals surface area contributed by atoms with Gasteiger partial charge in [-0.2, -0.15) is 4.98 Å². The molecule has 0 saturated heterocycles. The molecular weight excluding hydrogens is 228 g/mol. The molecule has 6 heteroatoms. The normalized spacial score (nSPS) is 10.7. The molecule has 0 atom stereocenters. The molecule has 0 aliphatic carbocycles. The lowest BCUT2D eigenvalue weighted by atomic mass is 10.4. The first kappa shape index (κ1) is 10.6. The summed E-state index contributed by atoms with van der Waals surface area (Å²) in [6, 6.07) is 5.75. The topological polar surface area (TPSA) is 68.0 Å². The van der Waals surface area contributed by atoms with Crippen molar-refractivity contribution < 1.29 is 0 Å². The predicted octanol–water partition coefficient (Wildman–Crippen LogP) is 1.44. The molecule has 0 saturated carbocycles. The van der Waals surface area contributed by atoms with Crippen LogP contribution in [0.1, 0.15) is 11.4 Å². The van der Waals surface area contributed by atoms with E-state index in [1.807, 2.05) is 31.3 Å². The third-order valence-electron chi connectivity index (χ3n) is 2.50. The van der Waals surface area contributed by atoms with Gasteiger partial charge in [0.05, 0.1) is 24.1 Å². The maximum atomic E-state index is 4.34. The fourth-order valence-corrected chi connectivity index (χ4v) is 1.59. The molecule has 0 aromatic carbocycles. The van der Waals surface area contributed by atoms with Crippen LogP contribution in [0.3, 0.4) is 0 Å². The van der Waals surface area contributed by atoms with Crippen molar-refractivity contribution in [2.45, 2.75) is 13.5 Å². The van der Waals surface area contributed by atoms with Crippen molar-refractivity contribution in [3.63, 3.8) is 0 Å². The van der Waals surface area contributed by atoms with E-state index in [1.54, 1.807) is 16.9 Å². The monoisotopic (exact) mass is 240 g/mol. The van der Waals surface area contributed by atoms with E-state index in [9.17, 15) is 0 Å². The Kier molecular flexibility index (Phi) is 2.60. The van der Waals surface area contributed by atoms with Gasteiger partial charge in [-0.3, -0.25) is 9.97 Å². The summed E-state index contributed by atoms with van der Waals surface area (Å²) >= 11 is 0. The lowest BCUT2D eigenvalue weighted by molar-refractivity contribution is 0.931. The Bertz CT molecular complexity index is 625. The van der Waals surface area contributed by atoms with Crippen molar-refractivity contribution in [3.8, 4) is 0 Å². The zero-order valence-corrected chi connectivity index (χ0v) is 9.91. The highest BCUT2D eigenvalue weighted by molar-refractivity contribution is 5.42. The minimum absolute atomic E-state index is 0.560. The largest absolute Gasteiger partial charge is 0.347 e. The summed E-state index contributed by atoms with van der Waals surface area (Å²) < 4.78 is 1.73. The first-order valence-corrected chi connectivity index (χ1v) is 5.64. The first-order valence-electron chi connectivity index (χ1n) is 5.64. The van der Waals surface area contributed by atoms with Gasteiger partial charge in [0.25, 0.3) is 0 Å². The Morgan fingerprint density at radius 1 is 1.22 bits per heavy atom. The van der Waals surface area contributed by atoms with Gasteiger partial charge >= 0.3 is 0 Å². The highest BCUT2D eigenvalue weighted by atomic mass is 15.3. The first-order chi connectivity index (χ1) is 8.81. The number of hydrogen-bond donors (Lipinski definition) is 1. The Morgan fingerprint density at radius 2 is 2.17 bits per heavy atom. The van der Waals surface area contributed by atoms with Gasteiger partial charge in [0, 0.05) is 12.4 Å². The van der Waals surface area contributed by atoms with Crippen molar-refractivity contribution in [2.24, 2.45) is 0 Å². The van der Waals surface area contributed by atoms with Crippen LogP contribution in [0.5, 0.6) is 0 Å². The van der Waals surface area contributed by atoms with Crippen LogP contribution >= 0.6 is 0 Å². The van der Waals surface area contributed by atoms with E-state index in [-0.39, 0.29) is 0 Å². The summed E-state index contributed by atoms with van der Waals surface area (Å²) in [5, 5.41) is 7.42. The Labute approximate surface area is 104 Å². The Hall–Kier alpha value is -2.50. The molecule has 3 heterocycles. The molecule has 0 unspecified atom stereocenters. The number of nitrogens with one attached hydrogen (secondary N) is 1. The minimum atomic E-state index is 0.560. The molecule has 18 heavy (non-hydrogen) atoms. The van der Waals surface area contributed by atoms with E-state index >= 15 is 0 Å². The van der Waals surface area contributed by atoms with E-state index in [0.29, 0.717) is 12.5 Å². The number of hydrogen-bond acceptors (Lipinski definition) is 5. The van der Waals surface area contributed by atoms with Crippen LogP contribution in [-0.2, 0) is 6.54 Å². The van der Waals surface area contributed by atoms with Crippen LogP contribution in [0.4, 0.5) is 5.95 Å². The van der Waals surface area contributed by atoms with Crippen molar-refractivity contribution >= 4 is 11.6 Å². The number of nitrogens with zero attached hydrogens (tertiary/aromatic N) is 5. The van der Waals surface area contributed by atoms with Crippen LogP contribution in [0.15, 0.2) is 36.8 Å². The van der Waals surface area contributed by atoms with Crippen molar-refractivity contribution in [3.05, 3.63) is 48.2 Å². The zero-order chi connectivity index (χ0) is 12.4. The average Bonchev–Trinajstić information content (AvgIpc) is 2.81. The summed E-state index contributed by atoms with van der Waals surface area (Å²) in [7, 11) is 0. The smallest absolute Gasteiger partial charge is 0.243 e. The van der Waals surface area contributed by atoms with Crippen molar-refractivity contribution in [2.75, 3.05) is 5.32 Å². The van der Waals surface area contributed by atoms with Crippen LogP contribution < -0.4 is 5.32 Å². The molecule has 0 aliphatic heterocycles. The second-order valence-electron chi connectivity index (χ2n) is 3.94. The lowest BCUT2D eigenvalue weighted by Gasteiger charge is -2.00. The van der Waals surface area contributed by atoms with Gasteiger partial charge in [0.1, 0.15) is 0 Å². The predicted molar refractivity (Wildman–Crippen MR) is 67.1 cm³/mol. The van der Waals surface area contributed by atoms with E-state index < -0.39 is 0 Å². The van der Waals surface area contributed by atoms with Gasteiger partial charge in [-0.25, -0.2) is 4.52 Å². The molecule has 0 spiro atoms. The van der Waals surface area contributed by atoms with Gasteiger partial charge < -0.3 is 5.32 Å². The maximum Gasteiger partial charge on any atom is 0.243 e. The van der Waals surface area contributed by atoms with E-state index in [4.69, 9.17) is 0 Å². The molecule has 0 aliphatic rings. The average molecular weight is 240 g/mol. The molecule has 3 aromatic heterocycles. The van der Waals surface area contributed by atoms with Gasteiger partial charge in [-0.1, -0.05) is 6.07 Å². The minimum Gasteiger partial charge on any atom is -0.347 e. The van der Waals surface area contributed by atoms with Crippen LogP contribution in [-0.4, -0.2) is 24.6 Å². The second kappa shape index (κ2) is 4.40. The number of fused-ring (bicyclic) bond motifs is 1. The summed E-state index contributed by atoms with van der Waals surface area (Å²) in [6.45, 7) is 2.47. The molecule has 0 radical (unpaired) electrons. The van der Waals surface area contributed by atoms with Gasteiger partial charge in [0.15, 0.2) is 5.65 Å². The van der Waals surface area contributed by atoms with Gasteiger partial charge in [0.2, 0.25) is 5.95 Å². The summed E-state index contributed by atoms with van der Waals surface area (Å²) in [5.74, 6) is 0.587. The Balaban J connectivity index is 1.74. The number of aromatic nitrogens is 5. The highest BCUT2D eigenvalue weighted by Gasteiger charge is 2.02. The van der Waals surface area contributed by atoms with Crippen molar-refractivity contribution in [1.82, 2.24) is 24.6 Å². The van der Waals surface area contributed by atoms with E-state index in [0.717, 1.165) is 17.0 Å². The molecule has 90 valence electrons. The molecule has 1 N–H and O–H groups in total. The number of pyridine rings is 1. The van der Waals surface area contributed by atoms with E-state index in [2.05, 4.69) is 25.4 Å². The quantitative estimate of drug-likeness (QED) is 0.750. The molecule has 0 amide bonds. The van der Waals surface area contributed by atoms with Gasteiger partial charge in [-0.15, -0.1) is 5.10 Å². The molecule has 0 fully saturated rings. The number of anilines is 1. The van der Waals surface area contributed by atoms with E-state index in [1.165, 1.54) is 0 Å².